The van der Waals surface area contributed by atoms with Gasteiger partial charge in [-0.15, -0.1) is 11.1 Å². The van der Waals surface area contributed by atoms with Gasteiger partial charge in [0, 0.05) is 0 Å². The zero-order valence-corrected chi connectivity index (χ0v) is 35.1. The van der Waals surface area contributed by atoms with Gasteiger partial charge in [0.25, 0.3) is 0 Å². The van der Waals surface area contributed by atoms with Crippen LogP contribution in [-0.2, 0) is 39.5 Å². The van der Waals surface area contributed by atoms with E-state index in [0.29, 0.717) is 5.92 Å². The Morgan fingerprint density at radius 1 is 0.686 bits per heavy atom. The summed E-state index contributed by atoms with van der Waals surface area (Å²) in [4.78, 5) is 0. The molecule has 0 bridgehead atoms. The fourth-order valence-electron chi connectivity index (χ4n) is 6.10. The van der Waals surface area contributed by atoms with Crippen molar-refractivity contribution in [1.29, 1.82) is 0 Å². The molecule has 0 heterocycles. The molecule has 1 unspecified atom stereocenters. The van der Waals surface area contributed by atoms with Crippen LogP contribution in [-0.4, -0.2) is 7.42 Å². The van der Waals surface area contributed by atoms with Crippen molar-refractivity contribution in [2.75, 3.05) is 0 Å². The molecule has 2 aliphatic carbocycles. The SMILES string of the molecule is CC(C)(C)c1c[c-]c2c(c1)-c1cc(C(C)(C)C)ccc1C2.CC1=[C-]C(C)C=C1c1ccccc1.Clc1ccc([CH]=[Zr]=[CH]c2ccc(Cl)cc2)cc1. The summed E-state index contributed by atoms with van der Waals surface area (Å²) in [7, 11) is 0. The van der Waals surface area contributed by atoms with Crippen LogP contribution in [0.15, 0.2) is 121 Å². The Kier molecular flexibility index (Phi) is 13.1. The third-order valence-corrected chi connectivity index (χ3v) is 12.1. The summed E-state index contributed by atoms with van der Waals surface area (Å²) in [5.41, 5.74) is 15.2. The molecule has 5 aromatic carbocycles. The van der Waals surface area contributed by atoms with Crippen LogP contribution in [0, 0.1) is 18.1 Å². The molecule has 2 aliphatic rings. The van der Waals surface area contributed by atoms with Gasteiger partial charge in [-0.3, -0.25) is 6.08 Å². The molecular weight excluding hydrogens is 739 g/mol. The van der Waals surface area contributed by atoms with Crippen molar-refractivity contribution in [3.8, 4) is 11.1 Å². The molecule has 1 atom stereocenters. The van der Waals surface area contributed by atoms with Crippen molar-refractivity contribution in [3.05, 3.63) is 182 Å². The average molecular weight is 787 g/mol. The topological polar surface area (TPSA) is 0 Å². The third-order valence-electron chi connectivity index (χ3n) is 9.12. The van der Waals surface area contributed by atoms with E-state index in [1.165, 1.54) is 61.2 Å². The van der Waals surface area contributed by atoms with Crippen molar-refractivity contribution < 1.29 is 22.3 Å². The van der Waals surface area contributed by atoms with Gasteiger partial charge in [-0.2, -0.15) is 41.0 Å². The minimum atomic E-state index is -0.623. The maximum absolute atomic E-state index is 5.84. The molecule has 260 valence electrons. The first kappa shape index (κ1) is 39.0. The van der Waals surface area contributed by atoms with Gasteiger partial charge in [0.2, 0.25) is 0 Å². The van der Waals surface area contributed by atoms with E-state index in [2.05, 4.69) is 160 Å². The zero-order valence-electron chi connectivity index (χ0n) is 31.2. The quantitative estimate of drug-likeness (QED) is 0.157. The van der Waals surface area contributed by atoms with Crippen molar-refractivity contribution in [2.45, 2.75) is 72.6 Å². The second-order valence-corrected chi connectivity index (χ2v) is 18.5. The summed E-state index contributed by atoms with van der Waals surface area (Å²) in [6.07, 6.45) is 6.69. The fraction of sp³-hybridized carbons (Fsp3) is 0.250. The van der Waals surface area contributed by atoms with Crippen LogP contribution in [0.25, 0.3) is 16.7 Å². The Labute approximate surface area is 327 Å². The Hall–Kier alpha value is -3.22. The van der Waals surface area contributed by atoms with E-state index in [1.54, 1.807) is 0 Å². The van der Waals surface area contributed by atoms with Crippen molar-refractivity contribution >= 4 is 36.2 Å². The molecule has 0 fully saturated rings. The Balaban J connectivity index is 0.000000153. The van der Waals surface area contributed by atoms with E-state index in [9.17, 15) is 0 Å². The number of hydrogen-bond donors (Lipinski definition) is 0. The van der Waals surface area contributed by atoms with Gasteiger partial charge in [0.15, 0.2) is 0 Å². The molecule has 0 saturated heterocycles. The number of fused-ring (bicyclic) bond motifs is 3. The van der Waals surface area contributed by atoms with Gasteiger partial charge in [0.05, 0.1) is 0 Å². The predicted molar refractivity (Wildman–Crippen MR) is 220 cm³/mol. The first-order valence-corrected chi connectivity index (χ1v) is 21.3. The third kappa shape index (κ3) is 10.9. The molecule has 0 saturated carbocycles. The van der Waals surface area contributed by atoms with E-state index < -0.39 is 22.3 Å². The van der Waals surface area contributed by atoms with Gasteiger partial charge in [-0.1, -0.05) is 126 Å². The van der Waals surface area contributed by atoms with E-state index in [4.69, 9.17) is 23.2 Å². The van der Waals surface area contributed by atoms with Crippen LogP contribution in [0.5, 0.6) is 0 Å². The maximum atomic E-state index is 5.84. The van der Waals surface area contributed by atoms with Gasteiger partial charge in [0.1, 0.15) is 0 Å². The molecule has 0 aliphatic heterocycles. The Bertz CT molecular complexity index is 1970. The van der Waals surface area contributed by atoms with E-state index in [1.807, 2.05) is 30.3 Å². The van der Waals surface area contributed by atoms with Crippen LogP contribution >= 0.6 is 23.2 Å². The van der Waals surface area contributed by atoms with Crippen LogP contribution in [0.4, 0.5) is 0 Å². The van der Waals surface area contributed by atoms with E-state index in [0.717, 1.165) is 16.5 Å². The summed E-state index contributed by atoms with van der Waals surface area (Å²) in [5.74, 6) is 0.468. The first-order chi connectivity index (χ1) is 24.2. The first-order valence-electron chi connectivity index (χ1n) is 17.7. The molecule has 0 aromatic heterocycles. The number of hydrogen-bond acceptors (Lipinski definition) is 0. The zero-order chi connectivity index (χ0) is 36.8. The van der Waals surface area contributed by atoms with Crippen LogP contribution in [0.2, 0.25) is 10.0 Å². The Morgan fingerprint density at radius 3 is 1.75 bits per heavy atom. The Morgan fingerprint density at radius 2 is 1.24 bits per heavy atom. The summed E-state index contributed by atoms with van der Waals surface area (Å²) in [5, 5.41) is 1.57. The molecule has 0 spiro atoms. The minimum absolute atomic E-state index is 0.177. The van der Waals surface area contributed by atoms with Crippen LogP contribution in [0.1, 0.15) is 94.3 Å². The van der Waals surface area contributed by atoms with Crippen LogP contribution < -0.4 is 0 Å². The monoisotopic (exact) mass is 784 g/mol. The molecule has 5 aromatic rings. The van der Waals surface area contributed by atoms with Gasteiger partial charge < -0.3 is 0 Å². The molecule has 51 heavy (non-hydrogen) atoms. The number of benzene rings is 5. The fourth-order valence-corrected chi connectivity index (χ4v) is 8.45. The van der Waals surface area contributed by atoms with Crippen molar-refractivity contribution in [1.82, 2.24) is 0 Å². The normalized spacial score (nSPS) is 14.4. The molecule has 7 rings (SSSR count). The predicted octanol–water partition coefficient (Wildman–Crippen LogP) is 13.2. The second-order valence-electron chi connectivity index (χ2n) is 15.4. The van der Waals surface area contributed by atoms with Gasteiger partial charge in [-0.05, 0) is 17.4 Å². The number of halogens is 2. The van der Waals surface area contributed by atoms with E-state index >= 15 is 0 Å². The van der Waals surface area contributed by atoms with Crippen molar-refractivity contribution in [3.63, 3.8) is 0 Å². The average Bonchev–Trinajstić information content (AvgIpc) is 3.64. The summed E-state index contributed by atoms with van der Waals surface area (Å²) < 4.78 is 4.66. The molecule has 0 amide bonds. The molecule has 0 N–H and O–H groups in total. The van der Waals surface area contributed by atoms with E-state index in [-0.39, 0.29) is 10.8 Å². The number of rotatable bonds is 3. The van der Waals surface area contributed by atoms with Gasteiger partial charge >= 0.3 is 123 Å². The molecule has 3 heteroatoms. The summed E-state index contributed by atoms with van der Waals surface area (Å²) in [6.45, 7) is 17.9. The molecule has 0 nitrogen and oxygen atoms in total. The van der Waals surface area contributed by atoms with Crippen LogP contribution in [0.3, 0.4) is 0 Å². The number of allylic oxidation sites excluding steroid dienone is 4. The summed E-state index contributed by atoms with van der Waals surface area (Å²) in [6, 6.07) is 41.5. The standard InChI is InChI=1S/C21H25.C13H13.2C7H5Cl.Zr/c1-20(2,3)16-9-7-14-11-15-8-10-17(21(4,5)6)13-19(15)18(14)12-16;1-10-8-11(2)13(9-10)12-6-4-3-5-7-12;2*1-6-2-4-7(8)5-3-6;/h7,9-10,12-13H,11H2,1-6H3;3-7,9-10H,1-2H3;2*1-5H;/q2*-1;;;. The molecule has 0 radical (unpaired) electrons. The second kappa shape index (κ2) is 17.1. The van der Waals surface area contributed by atoms with Crippen molar-refractivity contribution in [2.24, 2.45) is 5.92 Å². The summed E-state index contributed by atoms with van der Waals surface area (Å²) >= 11 is 11.0. The molecular formula is C48H48Cl2Zr-2. The van der Waals surface area contributed by atoms with Gasteiger partial charge in [-0.25, -0.2) is 5.57 Å².